The molecule has 0 amide bonds. The molecule has 4 rings (SSSR count). The minimum atomic E-state index is -0.997. The summed E-state index contributed by atoms with van der Waals surface area (Å²) in [6, 6.07) is 0. The number of rotatable bonds is 3. The van der Waals surface area contributed by atoms with E-state index >= 15 is 0 Å². The van der Waals surface area contributed by atoms with E-state index in [9.17, 15) is 14.7 Å². The number of carbonyl (C=O) groups is 1. The van der Waals surface area contributed by atoms with Crippen LogP contribution >= 0.6 is 0 Å². The molecule has 0 aliphatic heterocycles. The average Bonchev–Trinajstić information content (AvgIpc) is 2.98. The summed E-state index contributed by atoms with van der Waals surface area (Å²) in [7, 11) is 0. The molecule has 3 nitrogen and oxygen atoms in total. The predicted octanol–water partition coefficient (Wildman–Crippen LogP) is 4.55. The molecule has 0 bridgehead atoms. The topological polar surface area (TPSA) is 54.4 Å². The molecule has 0 aromatic heterocycles. The number of fused-ring (bicyclic) bond motifs is 5. The van der Waals surface area contributed by atoms with Crippen molar-refractivity contribution in [1.82, 2.24) is 0 Å². The Morgan fingerprint density at radius 3 is 2.66 bits per heavy atom. The Morgan fingerprint density at radius 2 is 2.00 bits per heavy atom. The van der Waals surface area contributed by atoms with Crippen molar-refractivity contribution in [3.05, 3.63) is 23.3 Å². The molecule has 1 radical (unpaired) electrons. The summed E-state index contributed by atoms with van der Waals surface area (Å²) in [6.07, 6.45) is 18.1. The lowest BCUT2D eigenvalue weighted by Gasteiger charge is -2.60. The highest BCUT2D eigenvalue weighted by molar-refractivity contribution is 5.92. The summed E-state index contributed by atoms with van der Waals surface area (Å²) < 4.78 is 0. The number of allylic oxidation sites excluding steroid dienone is 3. The largest absolute Gasteiger partial charge is 0.377 e. The van der Waals surface area contributed by atoms with E-state index in [1.54, 1.807) is 6.08 Å². The second kappa shape index (κ2) is 6.95. The number of terminal acetylenes is 1. The average molecular weight is 394 g/mol. The highest BCUT2D eigenvalue weighted by Crippen LogP contribution is 2.68. The van der Waals surface area contributed by atoms with Crippen molar-refractivity contribution < 1.29 is 14.7 Å². The van der Waals surface area contributed by atoms with Gasteiger partial charge in [-0.3, -0.25) is 9.59 Å². The van der Waals surface area contributed by atoms with Crippen LogP contribution in [0, 0.1) is 46.8 Å². The van der Waals surface area contributed by atoms with E-state index < -0.39 is 5.60 Å². The van der Waals surface area contributed by atoms with Crippen molar-refractivity contribution in [2.24, 2.45) is 34.5 Å². The van der Waals surface area contributed by atoms with Crippen LogP contribution in [-0.4, -0.2) is 22.8 Å². The molecule has 3 fully saturated rings. The van der Waals surface area contributed by atoms with Crippen LogP contribution < -0.4 is 0 Å². The van der Waals surface area contributed by atoms with E-state index in [1.807, 2.05) is 12.4 Å². The van der Waals surface area contributed by atoms with E-state index in [0.29, 0.717) is 30.6 Å². The normalized spacial score (nSPS) is 46.8. The van der Waals surface area contributed by atoms with Crippen LogP contribution in [-0.2, 0) is 9.59 Å². The lowest BCUT2D eigenvalue weighted by atomic mass is 9.43. The van der Waals surface area contributed by atoms with Gasteiger partial charge in [-0.1, -0.05) is 37.8 Å². The van der Waals surface area contributed by atoms with Crippen LogP contribution in [0.5, 0.6) is 0 Å². The maximum absolute atomic E-state index is 12.6. The highest BCUT2D eigenvalue weighted by Gasteiger charge is 2.64. The van der Waals surface area contributed by atoms with Gasteiger partial charge in [-0.25, -0.2) is 0 Å². The fraction of sp³-hybridized carbons (Fsp3) is 0.692. The van der Waals surface area contributed by atoms with E-state index in [4.69, 9.17) is 6.42 Å². The van der Waals surface area contributed by atoms with Crippen LogP contribution in [0.4, 0.5) is 0 Å². The minimum absolute atomic E-state index is 0.0755. The van der Waals surface area contributed by atoms with E-state index in [0.717, 1.165) is 44.1 Å². The monoisotopic (exact) mass is 393 g/mol. The van der Waals surface area contributed by atoms with Crippen molar-refractivity contribution in [2.45, 2.75) is 77.7 Å². The molecule has 0 saturated heterocycles. The SMILES string of the molecule is C#C[C@@]1(O)CC[C@H]2[C@@H]3CCC4=CC(=O)CC(C(=C[C]=O)CC)[C@]4(C)[C@H]3CC[C@@]21C. The lowest BCUT2D eigenvalue weighted by molar-refractivity contribution is -0.123. The molecule has 1 unspecified atom stereocenters. The first-order valence-corrected chi connectivity index (χ1v) is 11.3. The number of hydrogen-bond acceptors (Lipinski definition) is 3. The molecular formula is C26H33O3. The Kier molecular flexibility index (Phi) is 4.94. The maximum atomic E-state index is 12.6. The van der Waals surface area contributed by atoms with E-state index in [2.05, 4.69) is 26.7 Å². The molecule has 155 valence electrons. The number of ketones is 1. The third-order valence-corrected chi connectivity index (χ3v) is 9.60. The molecule has 1 N–H and O–H groups in total. The first-order chi connectivity index (χ1) is 13.7. The molecule has 4 aliphatic rings. The van der Waals surface area contributed by atoms with Crippen molar-refractivity contribution in [3.63, 3.8) is 0 Å². The van der Waals surface area contributed by atoms with Gasteiger partial charge in [-0.2, -0.15) is 0 Å². The predicted molar refractivity (Wildman–Crippen MR) is 113 cm³/mol. The number of hydrogen-bond donors (Lipinski definition) is 1. The summed E-state index contributed by atoms with van der Waals surface area (Å²) in [5.41, 5.74) is 1.01. The second-order valence-electron chi connectivity index (χ2n) is 10.3. The molecule has 0 aromatic carbocycles. The zero-order valence-electron chi connectivity index (χ0n) is 18.0. The molecule has 7 atom stereocenters. The molecule has 3 saturated carbocycles. The van der Waals surface area contributed by atoms with Gasteiger partial charge >= 0.3 is 0 Å². The van der Waals surface area contributed by atoms with Crippen LogP contribution in [0.3, 0.4) is 0 Å². The van der Waals surface area contributed by atoms with Crippen molar-refractivity contribution in [1.29, 1.82) is 0 Å². The summed E-state index contributed by atoms with van der Waals surface area (Å²) in [6.45, 7) is 6.61. The fourth-order valence-electron chi connectivity index (χ4n) is 7.93. The number of aliphatic hydroxyl groups is 1. The molecule has 29 heavy (non-hydrogen) atoms. The van der Waals surface area contributed by atoms with Gasteiger partial charge in [-0.15, -0.1) is 6.42 Å². The second-order valence-corrected chi connectivity index (χ2v) is 10.3. The first-order valence-electron chi connectivity index (χ1n) is 11.3. The van der Waals surface area contributed by atoms with Gasteiger partial charge in [0, 0.05) is 11.8 Å². The lowest BCUT2D eigenvalue weighted by Crippen LogP contribution is -2.56. The summed E-state index contributed by atoms with van der Waals surface area (Å²) in [5.74, 6) is 4.40. The van der Waals surface area contributed by atoms with E-state index in [1.165, 1.54) is 5.57 Å². The highest BCUT2D eigenvalue weighted by atomic mass is 16.3. The van der Waals surface area contributed by atoms with Crippen LogP contribution in [0.15, 0.2) is 23.3 Å². The fourth-order valence-corrected chi connectivity index (χ4v) is 7.93. The van der Waals surface area contributed by atoms with Crippen molar-refractivity contribution in [2.75, 3.05) is 0 Å². The maximum Gasteiger partial charge on any atom is 0.225 e. The van der Waals surface area contributed by atoms with Crippen LogP contribution in [0.2, 0.25) is 0 Å². The van der Waals surface area contributed by atoms with Gasteiger partial charge in [0.1, 0.15) is 5.60 Å². The molecule has 0 heterocycles. The third kappa shape index (κ3) is 2.68. The molecule has 4 aliphatic carbocycles. The quantitative estimate of drug-likeness (QED) is 0.565. The first kappa shape index (κ1) is 20.6. The zero-order chi connectivity index (χ0) is 21.0. The van der Waals surface area contributed by atoms with Gasteiger partial charge in [0.25, 0.3) is 0 Å². The van der Waals surface area contributed by atoms with Crippen LogP contribution in [0.1, 0.15) is 72.1 Å². The zero-order valence-corrected chi connectivity index (χ0v) is 18.0. The minimum Gasteiger partial charge on any atom is -0.377 e. The summed E-state index contributed by atoms with van der Waals surface area (Å²) in [5, 5.41) is 11.2. The Labute approximate surface area is 175 Å². The standard InChI is InChI=1S/C26H33O3/c1-5-17(11-14-27)23-16-19(28)15-18-7-8-20-21-10-13-26(29,6-2)24(21,3)12-9-22(20)25(18,23)4/h2,11,15,20-23,29H,5,7-10,12-13,16H2,1,3-4H3/t20-,21-,22-,23?,24-,25-,26+/m0/s1. The van der Waals surface area contributed by atoms with Crippen molar-refractivity contribution in [3.8, 4) is 12.3 Å². The Bertz CT molecular complexity index is 829. The Balaban J connectivity index is 1.77. The Morgan fingerprint density at radius 1 is 1.28 bits per heavy atom. The summed E-state index contributed by atoms with van der Waals surface area (Å²) in [4.78, 5) is 23.7. The van der Waals surface area contributed by atoms with Gasteiger partial charge in [0.2, 0.25) is 6.29 Å². The smallest absolute Gasteiger partial charge is 0.225 e. The van der Waals surface area contributed by atoms with Crippen molar-refractivity contribution >= 4 is 12.1 Å². The van der Waals surface area contributed by atoms with Crippen LogP contribution in [0.25, 0.3) is 0 Å². The molecule has 3 heteroatoms. The van der Waals surface area contributed by atoms with Gasteiger partial charge in [0.15, 0.2) is 5.78 Å². The van der Waals surface area contributed by atoms with Gasteiger partial charge in [0.05, 0.1) is 0 Å². The Hall–Kier alpha value is -1.66. The van der Waals surface area contributed by atoms with E-state index in [-0.39, 0.29) is 22.5 Å². The van der Waals surface area contributed by atoms with Gasteiger partial charge < -0.3 is 5.11 Å². The summed E-state index contributed by atoms with van der Waals surface area (Å²) >= 11 is 0. The molecular weight excluding hydrogens is 360 g/mol. The molecule has 0 spiro atoms. The third-order valence-electron chi connectivity index (χ3n) is 9.60. The number of carbonyl (C=O) groups excluding carboxylic acids is 2. The van der Waals surface area contributed by atoms with Gasteiger partial charge in [-0.05, 0) is 86.2 Å². The molecule has 0 aromatic rings.